The van der Waals surface area contributed by atoms with Gasteiger partial charge >= 0.3 is 5.97 Å². The van der Waals surface area contributed by atoms with Gasteiger partial charge < -0.3 is 15.2 Å². The van der Waals surface area contributed by atoms with Crippen molar-refractivity contribution in [3.63, 3.8) is 0 Å². The molecule has 0 saturated carbocycles. The second-order valence-electron chi connectivity index (χ2n) is 5.17. The number of likely N-dealkylation sites (N-methyl/N-ethyl adjacent to an activating group) is 1. The van der Waals surface area contributed by atoms with Crippen molar-refractivity contribution in [1.82, 2.24) is 5.32 Å². The highest BCUT2D eigenvalue weighted by atomic mass is 16.5. The van der Waals surface area contributed by atoms with Crippen LogP contribution in [0.25, 0.3) is 0 Å². The minimum absolute atomic E-state index is 0.0949. The van der Waals surface area contributed by atoms with Gasteiger partial charge in [-0.15, -0.1) is 0 Å². The maximum atomic E-state index is 10.5. The van der Waals surface area contributed by atoms with Crippen LogP contribution in [-0.4, -0.2) is 36.7 Å². The number of unbranched alkanes of at least 4 members (excludes halogenated alkanes) is 4. The molecule has 1 unspecified atom stereocenters. The third kappa shape index (κ3) is 12.0. The molecular weight excluding hydrogens is 256 g/mol. The molecule has 0 aromatic rings. The topological polar surface area (TPSA) is 82.4 Å². The van der Waals surface area contributed by atoms with Crippen LogP contribution in [0.5, 0.6) is 0 Å². The minimum Gasteiger partial charge on any atom is -0.481 e. The van der Waals surface area contributed by atoms with Gasteiger partial charge in [0.15, 0.2) is 5.90 Å². The van der Waals surface area contributed by atoms with E-state index in [1.165, 1.54) is 19.3 Å². The SMILES string of the molecule is CCCCCCCC(=N)OC(CCCC(=O)O)CNC. The molecule has 0 spiro atoms. The third-order valence-electron chi connectivity index (χ3n) is 3.16. The van der Waals surface area contributed by atoms with Gasteiger partial charge in [0.05, 0.1) is 0 Å². The first-order valence-electron chi connectivity index (χ1n) is 7.70. The van der Waals surface area contributed by atoms with Crippen molar-refractivity contribution in [2.45, 2.75) is 70.8 Å². The van der Waals surface area contributed by atoms with Crippen LogP contribution in [0.3, 0.4) is 0 Å². The number of aliphatic carboxylic acids is 1. The predicted molar refractivity (Wildman–Crippen MR) is 81.4 cm³/mol. The first-order valence-corrected chi connectivity index (χ1v) is 7.70. The van der Waals surface area contributed by atoms with E-state index in [2.05, 4.69) is 12.2 Å². The zero-order valence-corrected chi connectivity index (χ0v) is 12.9. The van der Waals surface area contributed by atoms with Gasteiger partial charge in [-0.3, -0.25) is 10.2 Å². The van der Waals surface area contributed by atoms with E-state index in [-0.39, 0.29) is 12.5 Å². The fourth-order valence-corrected chi connectivity index (χ4v) is 2.06. The molecule has 5 heteroatoms. The summed E-state index contributed by atoms with van der Waals surface area (Å²) in [6, 6.07) is 0. The average Bonchev–Trinajstić information content (AvgIpc) is 2.38. The van der Waals surface area contributed by atoms with Crippen LogP contribution in [0.15, 0.2) is 0 Å². The van der Waals surface area contributed by atoms with E-state index in [0.717, 1.165) is 12.8 Å². The monoisotopic (exact) mass is 286 g/mol. The normalized spacial score (nSPS) is 12.1. The summed E-state index contributed by atoms with van der Waals surface area (Å²) in [4.78, 5) is 10.5. The molecule has 0 aliphatic carbocycles. The van der Waals surface area contributed by atoms with Crippen molar-refractivity contribution in [3.05, 3.63) is 0 Å². The second kappa shape index (κ2) is 12.9. The van der Waals surface area contributed by atoms with Gasteiger partial charge in [0.25, 0.3) is 0 Å². The number of carboxylic acids is 1. The number of hydrogen-bond donors (Lipinski definition) is 3. The van der Waals surface area contributed by atoms with Crippen LogP contribution >= 0.6 is 0 Å². The van der Waals surface area contributed by atoms with Crippen LogP contribution < -0.4 is 5.32 Å². The minimum atomic E-state index is -0.779. The quantitative estimate of drug-likeness (QED) is 0.276. The summed E-state index contributed by atoms with van der Waals surface area (Å²) in [5.74, 6) is -0.448. The highest BCUT2D eigenvalue weighted by molar-refractivity contribution is 5.72. The number of rotatable bonds is 13. The molecule has 118 valence electrons. The van der Waals surface area contributed by atoms with E-state index in [9.17, 15) is 4.79 Å². The molecule has 0 fully saturated rings. The van der Waals surface area contributed by atoms with E-state index in [1.54, 1.807) is 0 Å². The molecule has 5 nitrogen and oxygen atoms in total. The molecular formula is C15H30N2O3. The lowest BCUT2D eigenvalue weighted by Crippen LogP contribution is -2.29. The molecule has 0 aliphatic rings. The van der Waals surface area contributed by atoms with E-state index >= 15 is 0 Å². The van der Waals surface area contributed by atoms with E-state index < -0.39 is 5.97 Å². The molecule has 3 N–H and O–H groups in total. The van der Waals surface area contributed by atoms with Crippen LogP contribution in [0, 0.1) is 5.41 Å². The van der Waals surface area contributed by atoms with Gasteiger partial charge in [-0.1, -0.05) is 32.6 Å². The van der Waals surface area contributed by atoms with Gasteiger partial charge in [-0.05, 0) is 26.3 Å². The molecule has 0 heterocycles. The fraction of sp³-hybridized carbons (Fsp3) is 0.867. The van der Waals surface area contributed by atoms with Gasteiger partial charge in [0, 0.05) is 19.4 Å². The lowest BCUT2D eigenvalue weighted by molar-refractivity contribution is -0.137. The maximum absolute atomic E-state index is 10.5. The molecule has 0 radical (unpaired) electrons. The van der Waals surface area contributed by atoms with Crippen LogP contribution in [0.1, 0.15) is 64.7 Å². The summed E-state index contributed by atoms with van der Waals surface area (Å²) in [7, 11) is 1.84. The van der Waals surface area contributed by atoms with Crippen molar-refractivity contribution >= 4 is 11.9 Å². The molecule has 0 bridgehead atoms. The first-order chi connectivity index (χ1) is 9.60. The Bertz CT molecular complexity index is 270. The summed E-state index contributed by atoms with van der Waals surface area (Å²) in [5, 5.41) is 19.5. The Balaban J connectivity index is 3.79. The molecule has 1 atom stereocenters. The summed E-state index contributed by atoms with van der Waals surface area (Å²) in [6.07, 6.45) is 7.86. The lowest BCUT2D eigenvalue weighted by Gasteiger charge is -2.19. The van der Waals surface area contributed by atoms with E-state index in [1.807, 2.05) is 7.05 Å². The molecule has 0 aromatic heterocycles. The van der Waals surface area contributed by atoms with Gasteiger partial charge in [-0.25, -0.2) is 0 Å². The first kappa shape index (κ1) is 18.9. The fourth-order valence-electron chi connectivity index (χ4n) is 2.06. The van der Waals surface area contributed by atoms with Crippen LogP contribution in [0.4, 0.5) is 0 Å². The van der Waals surface area contributed by atoms with Crippen molar-refractivity contribution in [2.75, 3.05) is 13.6 Å². The highest BCUT2D eigenvalue weighted by Gasteiger charge is 2.12. The predicted octanol–water partition coefficient (Wildman–Crippen LogP) is 3.18. The Kier molecular flexibility index (Phi) is 12.2. The average molecular weight is 286 g/mol. The number of ether oxygens (including phenoxy) is 1. The van der Waals surface area contributed by atoms with Gasteiger partial charge in [-0.2, -0.15) is 0 Å². The zero-order valence-electron chi connectivity index (χ0n) is 12.9. The molecule has 0 amide bonds. The summed E-state index contributed by atoms with van der Waals surface area (Å²) in [6.45, 7) is 2.84. The zero-order chi connectivity index (χ0) is 15.2. The summed E-state index contributed by atoms with van der Waals surface area (Å²) >= 11 is 0. The molecule has 0 aliphatic heterocycles. The van der Waals surface area contributed by atoms with Crippen molar-refractivity contribution in [1.29, 1.82) is 5.41 Å². The van der Waals surface area contributed by atoms with Crippen molar-refractivity contribution in [2.24, 2.45) is 0 Å². The van der Waals surface area contributed by atoms with E-state index in [0.29, 0.717) is 31.7 Å². The Morgan fingerprint density at radius 2 is 1.90 bits per heavy atom. The Morgan fingerprint density at radius 1 is 1.20 bits per heavy atom. The highest BCUT2D eigenvalue weighted by Crippen LogP contribution is 2.10. The number of carbonyl (C=O) groups is 1. The maximum Gasteiger partial charge on any atom is 0.303 e. The Hall–Kier alpha value is -1.10. The standard InChI is InChI=1S/C15H30N2O3/c1-3-4-5-6-7-10-14(16)20-13(12-17-2)9-8-11-15(18)19/h13,16-17H,3-12H2,1-2H3,(H,18,19). The molecule has 0 saturated heterocycles. The number of carboxylic acid groups (broad SMARTS) is 1. The second-order valence-corrected chi connectivity index (χ2v) is 5.17. The molecule has 0 rings (SSSR count). The van der Waals surface area contributed by atoms with Gasteiger partial charge in [0.2, 0.25) is 0 Å². The number of hydrogen-bond acceptors (Lipinski definition) is 4. The van der Waals surface area contributed by atoms with Gasteiger partial charge in [0.1, 0.15) is 6.10 Å². The smallest absolute Gasteiger partial charge is 0.303 e. The van der Waals surface area contributed by atoms with Crippen molar-refractivity contribution < 1.29 is 14.6 Å². The largest absolute Gasteiger partial charge is 0.481 e. The lowest BCUT2D eigenvalue weighted by atomic mass is 10.1. The third-order valence-corrected chi connectivity index (χ3v) is 3.16. The molecule has 20 heavy (non-hydrogen) atoms. The van der Waals surface area contributed by atoms with Crippen LogP contribution in [0.2, 0.25) is 0 Å². The van der Waals surface area contributed by atoms with Crippen molar-refractivity contribution in [3.8, 4) is 0 Å². The summed E-state index contributed by atoms with van der Waals surface area (Å²) < 4.78 is 5.61. The summed E-state index contributed by atoms with van der Waals surface area (Å²) in [5.41, 5.74) is 0. The molecule has 0 aromatic carbocycles. The van der Waals surface area contributed by atoms with E-state index in [4.69, 9.17) is 15.3 Å². The van der Waals surface area contributed by atoms with Crippen LogP contribution in [-0.2, 0) is 9.53 Å². The Morgan fingerprint density at radius 3 is 2.50 bits per heavy atom. The number of nitrogens with one attached hydrogen (secondary N) is 2. The Labute approximate surface area is 122 Å².